The average Bonchev–Trinajstić information content (AvgIpc) is 2.02. The Morgan fingerprint density at radius 1 is 1.54 bits per heavy atom. The zero-order valence-corrected chi connectivity index (χ0v) is 7.91. The Bertz CT molecular complexity index is 318. The van der Waals surface area contributed by atoms with Crippen molar-refractivity contribution in [2.45, 2.75) is 12.3 Å². The second-order valence-electron chi connectivity index (χ2n) is 2.34. The molecule has 2 N–H and O–H groups in total. The highest BCUT2D eigenvalue weighted by Gasteiger charge is 2.16. The predicted molar refractivity (Wildman–Crippen MR) is 48.2 cm³/mol. The number of nitrogens with two attached hydrogens (primary N) is 1. The van der Waals surface area contributed by atoms with Crippen LogP contribution in [0.15, 0.2) is 6.07 Å². The molecule has 0 aliphatic heterocycles. The Balaban J connectivity index is 3.29. The van der Waals surface area contributed by atoms with Crippen molar-refractivity contribution in [1.29, 1.82) is 0 Å². The van der Waals surface area contributed by atoms with Gasteiger partial charge in [-0.25, -0.2) is 13.8 Å². The molecule has 0 amide bonds. The standard InChI is InChI=1S/C7H6Cl2F2N2/c8-2-4-3(7(10)11)1-5(12)13-6(4)9/h1,7H,2H2,(H2,12,13). The molecular formula is C7H6Cl2F2N2. The third kappa shape index (κ3) is 2.19. The fourth-order valence-electron chi connectivity index (χ4n) is 0.906. The van der Waals surface area contributed by atoms with E-state index in [1.54, 1.807) is 0 Å². The van der Waals surface area contributed by atoms with Gasteiger partial charge in [-0.15, -0.1) is 11.6 Å². The second-order valence-corrected chi connectivity index (χ2v) is 2.97. The summed E-state index contributed by atoms with van der Waals surface area (Å²) in [4.78, 5) is 3.61. The first-order chi connectivity index (χ1) is 6.06. The van der Waals surface area contributed by atoms with Gasteiger partial charge in [0.2, 0.25) is 0 Å². The molecule has 13 heavy (non-hydrogen) atoms. The summed E-state index contributed by atoms with van der Waals surface area (Å²) in [6, 6.07) is 1.08. The van der Waals surface area contributed by atoms with Gasteiger partial charge in [-0.05, 0) is 6.07 Å². The summed E-state index contributed by atoms with van der Waals surface area (Å²) >= 11 is 11.0. The highest BCUT2D eigenvalue weighted by Crippen LogP contribution is 2.29. The van der Waals surface area contributed by atoms with Crippen molar-refractivity contribution < 1.29 is 8.78 Å². The molecule has 2 nitrogen and oxygen atoms in total. The maximum Gasteiger partial charge on any atom is 0.264 e. The molecule has 1 heterocycles. The molecule has 72 valence electrons. The molecule has 0 unspecified atom stereocenters. The topological polar surface area (TPSA) is 38.9 Å². The van der Waals surface area contributed by atoms with Gasteiger partial charge in [0.25, 0.3) is 6.43 Å². The Labute approximate surface area is 83.7 Å². The minimum absolute atomic E-state index is 0.0332. The first kappa shape index (κ1) is 10.5. The van der Waals surface area contributed by atoms with E-state index in [1.807, 2.05) is 0 Å². The van der Waals surface area contributed by atoms with E-state index in [9.17, 15) is 8.78 Å². The van der Waals surface area contributed by atoms with Crippen molar-refractivity contribution in [3.63, 3.8) is 0 Å². The van der Waals surface area contributed by atoms with Gasteiger partial charge in [0.15, 0.2) is 0 Å². The molecule has 6 heteroatoms. The quantitative estimate of drug-likeness (QED) is 0.622. The molecule has 1 aromatic rings. The molecule has 0 aliphatic rings. The van der Waals surface area contributed by atoms with Crippen LogP contribution in [0.3, 0.4) is 0 Å². The van der Waals surface area contributed by atoms with E-state index < -0.39 is 6.43 Å². The van der Waals surface area contributed by atoms with Gasteiger partial charge < -0.3 is 5.73 Å². The molecule has 0 aliphatic carbocycles. The van der Waals surface area contributed by atoms with Gasteiger partial charge >= 0.3 is 0 Å². The van der Waals surface area contributed by atoms with E-state index in [-0.39, 0.29) is 28.0 Å². The lowest BCUT2D eigenvalue weighted by Gasteiger charge is -2.08. The lowest BCUT2D eigenvalue weighted by molar-refractivity contribution is 0.150. The van der Waals surface area contributed by atoms with Crippen LogP contribution in [0, 0.1) is 0 Å². The number of hydrogen-bond acceptors (Lipinski definition) is 2. The summed E-state index contributed by atoms with van der Waals surface area (Å²) in [7, 11) is 0. The fraction of sp³-hybridized carbons (Fsp3) is 0.286. The van der Waals surface area contributed by atoms with Crippen molar-refractivity contribution in [3.8, 4) is 0 Å². The number of nitrogen functional groups attached to an aromatic ring is 1. The van der Waals surface area contributed by atoms with Gasteiger partial charge in [-0.3, -0.25) is 0 Å². The highest BCUT2D eigenvalue weighted by atomic mass is 35.5. The average molecular weight is 227 g/mol. The monoisotopic (exact) mass is 226 g/mol. The molecule has 0 saturated heterocycles. The number of aromatic nitrogens is 1. The maximum absolute atomic E-state index is 12.4. The Morgan fingerprint density at radius 2 is 2.15 bits per heavy atom. The third-order valence-electron chi connectivity index (χ3n) is 1.50. The fourth-order valence-corrected chi connectivity index (χ4v) is 1.53. The van der Waals surface area contributed by atoms with Gasteiger partial charge in [0.1, 0.15) is 11.0 Å². The summed E-state index contributed by atoms with van der Waals surface area (Å²) in [6.07, 6.45) is -2.64. The maximum atomic E-state index is 12.4. The predicted octanol–water partition coefficient (Wildman–Crippen LogP) is 2.99. The largest absolute Gasteiger partial charge is 0.384 e. The van der Waals surface area contributed by atoms with Gasteiger partial charge in [-0.1, -0.05) is 11.6 Å². The summed E-state index contributed by atoms with van der Waals surface area (Å²) in [6.45, 7) is 0. The molecule has 0 spiro atoms. The first-order valence-corrected chi connectivity index (χ1v) is 4.26. The Morgan fingerprint density at radius 3 is 2.62 bits per heavy atom. The highest BCUT2D eigenvalue weighted by molar-refractivity contribution is 6.31. The van der Waals surface area contributed by atoms with E-state index in [0.29, 0.717) is 0 Å². The van der Waals surface area contributed by atoms with E-state index >= 15 is 0 Å². The van der Waals surface area contributed by atoms with Crippen LogP contribution in [0.25, 0.3) is 0 Å². The molecular weight excluding hydrogens is 221 g/mol. The van der Waals surface area contributed by atoms with Crippen molar-refractivity contribution in [2.75, 3.05) is 5.73 Å². The van der Waals surface area contributed by atoms with Crippen LogP contribution in [-0.2, 0) is 5.88 Å². The second kappa shape index (κ2) is 4.07. The van der Waals surface area contributed by atoms with E-state index in [0.717, 1.165) is 6.07 Å². The zero-order chi connectivity index (χ0) is 10.0. The third-order valence-corrected chi connectivity index (χ3v) is 2.08. The van der Waals surface area contributed by atoms with E-state index in [1.165, 1.54) is 0 Å². The smallest absolute Gasteiger partial charge is 0.264 e. The van der Waals surface area contributed by atoms with E-state index in [2.05, 4.69) is 4.98 Å². The van der Waals surface area contributed by atoms with Crippen LogP contribution >= 0.6 is 23.2 Å². The number of halogens is 4. The van der Waals surface area contributed by atoms with Gasteiger partial charge in [0, 0.05) is 11.1 Å². The molecule has 0 bridgehead atoms. The number of pyridine rings is 1. The zero-order valence-electron chi connectivity index (χ0n) is 6.40. The summed E-state index contributed by atoms with van der Waals surface area (Å²) in [5.41, 5.74) is 5.12. The lowest BCUT2D eigenvalue weighted by atomic mass is 10.1. The van der Waals surface area contributed by atoms with Crippen molar-refractivity contribution in [3.05, 3.63) is 22.3 Å². The molecule has 1 rings (SSSR count). The minimum Gasteiger partial charge on any atom is -0.384 e. The summed E-state index contributed by atoms with van der Waals surface area (Å²) in [5, 5.41) is -0.0645. The first-order valence-electron chi connectivity index (χ1n) is 3.35. The van der Waals surface area contributed by atoms with Gasteiger partial charge in [-0.2, -0.15) is 0 Å². The summed E-state index contributed by atoms with van der Waals surface area (Å²) < 4.78 is 24.7. The number of anilines is 1. The number of nitrogens with zero attached hydrogens (tertiary/aromatic N) is 1. The van der Waals surface area contributed by atoms with Crippen molar-refractivity contribution in [1.82, 2.24) is 4.98 Å². The van der Waals surface area contributed by atoms with E-state index in [4.69, 9.17) is 28.9 Å². The van der Waals surface area contributed by atoms with Crippen molar-refractivity contribution >= 4 is 29.0 Å². The molecule has 0 aromatic carbocycles. The number of alkyl halides is 3. The molecule has 0 radical (unpaired) electrons. The molecule has 0 atom stereocenters. The van der Waals surface area contributed by atoms with Crippen LogP contribution in [-0.4, -0.2) is 4.98 Å². The van der Waals surface area contributed by atoms with Crippen LogP contribution in [0.1, 0.15) is 17.6 Å². The molecule has 0 fully saturated rings. The lowest BCUT2D eigenvalue weighted by Crippen LogP contribution is -2.00. The Hall–Kier alpha value is -0.610. The number of hydrogen-bond donors (Lipinski definition) is 1. The van der Waals surface area contributed by atoms with Crippen LogP contribution in [0.5, 0.6) is 0 Å². The van der Waals surface area contributed by atoms with Crippen LogP contribution in [0.4, 0.5) is 14.6 Å². The van der Waals surface area contributed by atoms with Crippen molar-refractivity contribution in [2.24, 2.45) is 0 Å². The minimum atomic E-state index is -2.64. The van der Waals surface area contributed by atoms with Gasteiger partial charge in [0.05, 0.1) is 5.88 Å². The number of rotatable bonds is 2. The Kier molecular flexibility index (Phi) is 3.27. The van der Waals surface area contributed by atoms with Crippen LogP contribution in [0.2, 0.25) is 5.15 Å². The molecule has 1 aromatic heterocycles. The molecule has 0 saturated carbocycles. The SMILES string of the molecule is Nc1cc(C(F)F)c(CCl)c(Cl)n1. The normalized spacial score (nSPS) is 10.8. The summed E-state index contributed by atoms with van der Waals surface area (Å²) in [5.74, 6) is -0.139. The van der Waals surface area contributed by atoms with Crippen LogP contribution < -0.4 is 5.73 Å².